The van der Waals surface area contributed by atoms with E-state index in [-0.39, 0.29) is 11.7 Å². The van der Waals surface area contributed by atoms with Crippen LogP contribution in [0.2, 0.25) is 0 Å². The third-order valence-electron chi connectivity index (χ3n) is 5.54. The lowest BCUT2D eigenvalue weighted by Gasteiger charge is -2.43. The summed E-state index contributed by atoms with van der Waals surface area (Å²) in [7, 11) is 0. The number of halogens is 3. The molecule has 1 saturated carbocycles. The van der Waals surface area contributed by atoms with E-state index in [4.69, 9.17) is 0 Å². The normalized spacial score (nSPS) is 22.6. The number of piperidine rings is 1. The summed E-state index contributed by atoms with van der Waals surface area (Å²) in [4.78, 5) is 19.4. The average Bonchev–Trinajstić information content (AvgIpc) is 3.16. The van der Waals surface area contributed by atoms with Gasteiger partial charge in [0, 0.05) is 23.5 Å². The number of amides is 1. The highest BCUT2D eigenvalue weighted by molar-refractivity contribution is 7.13. The number of hydrogen-bond acceptors (Lipinski definition) is 4. The van der Waals surface area contributed by atoms with Crippen molar-refractivity contribution in [3.8, 4) is 16.3 Å². The third kappa shape index (κ3) is 4.16. The van der Waals surface area contributed by atoms with Crippen LogP contribution < -0.4 is 4.74 Å². The number of carbonyl (C=O) groups is 1. The molecule has 4 nitrogen and oxygen atoms in total. The quantitative estimate of drug-likeness (QED) is 0.671. The molecule has 0 spiro atoms. The fraction of sp³-hybridized carbons (Fsp3) is 0.500. The lowest BCUT2D eigenvalue weighted by Crippen LogP contribution is -2.49. The molecule has 1 amide bonds. The zero-order valence-corrected chi connectivity index (χ0v) is 16.1. The first-order chi connectivity index (χ1) is 13.4. The van der Waals surface area contributed by atoms with Crippen molar-refractivity contribution >= 4 is 17.2 Å². The number of benzene rings is 1. The van der Waals surface area contributed by atoms with Gasteiger partial charge in [0.2, 0.25) is 0 Å². The molecule has 2 heterocycles. The van der Waals surface area contributed by atoms with Crippen LogP contribution in [-0.2, 0) is 0 Å². The summed E-state index contributed by atoms with van der Waals surface area (Å²) in [5.74, 6) is 0.219. The van der Waals surface area contributed by atoms with Gasteiger partial charge in [-0.15, -0.1) is 24.5 Å². The van der Waals surface area contributed by atoms with E-state index < -0.39 is 6.36 Å². The van der Waals surface area contributed by atoms with Crippen molar-refractivity contribution in [2.45, 2.75) is 50.9 Å². The summed E-state index contributed by atoms with van der Waals surface area (Å²) < 4.78 is 41.3. The molecule has 1 saturated heterocycles. The molecule has 1 aromatic heterocycles. The Bertz CT molecular complexity index is 850. The first kappa shape index (κ1) is 19.2. The molecule has 2 unspecified atom stereocenters. The highest BCUT2D eigenvalue weighted by Gasteiger charge is 2.36. The van der Waals surface area contributed by atoms with E-state index in [0.29, 0.717) is 28.2 Å². The van der Waals surface area contributed by atoms with Crippen LogP contribution in [0.25, 0.3) is 10.6 Å². The van der Waals surface area contributed by atoms with Gasteiger partial charge < -0.3 is 9.64 Å². The Hall–Kier alpha value is -2.09. The van der Waals surface area contributed by atoms with Gasteiger partial charge in [-0.1, -0.05) is 25.0 Å². The summed E-state index contributed by atoms with van der Waals surface area (Å²) in [6, 6.07) is 5.97. The maximum atomic E-state index is 13.1. The summed E-state index contributed by atoms with van der Waals surface area (Å²) in [6.07, 6.45) is 2.07. The zero-order valence-electron chi connectivity index (χ0n) is 15.2. The molecule has 1 aliphatic heterocycles. The second-order valence-corrected chi connectivity index (χ2v) is 8.22. The fourth-order valence-electron chi connectivity index (χ4n) is 4.35. The minimum atomic E-state index is -4.74. The van der Waals surface area contributed by atoms with Crippen LogP contribution in [-0.4, -0.2) is 34.7 Å². The van der Waals surface area contributed by atoms with Crippen molar-refractivity contribution in [1.29, 1.82) is 0 Å². The Balaban J connectivity index is 1.53. The minimum absolute atomic E-state index is 0.0678. The highest BCUT2D eigenvalue weighted by Crippen LogP contribution is 2.36. The smallest absolute Gasteiger partial charge is 0.406 e. The van der Waals surface area contributed by atoms with Gasteiger partial charge in [0.25, 0.3) is 5.91 Å². The number of fused-ring (bicyclic) bond motifs is 1. The molecule has 0 radical (unpaired) electrons. The predicted octanol–water partition coefficient (Wildman–Crippen LogP) is 5.50. The lowest BCUT2D eigenvalue weighted by molar-refractivity contribution is -0.274. The van der Waals surface area contributed by atoms with Crippen LogP contribution in [0.5, 0.6) is 5.75 Å². The number of ether oxygens (including phenoxy) is 1. The molecule has 0 N–H and O–H groups in total. The molecular weight excluding hydrogens is 389 g/mol. The molecule has 150 valence electrons. The maximum absolute atomic E-state index is 13.1. The highest BCUT2D eigenvalue weighted by atomic mass is 32.1. The van der Waals surface area contributed by atoms with Crippen LogP contribution >= 0.6 is 11.3 Å². The van der Waals surface area contributed by atoms with Crippen molar-refractivity contribution in [2.75, 3.05) is 6.54 Å². The largest absolute Gasteiger partial charge is 0.573 e. The van der Waals surface area contributed by atoms with E-state index in [2.05, 4.69) is 9.72 Å². The van der Waals surface area contributed by atoms with Gasteiger partial charge in [0.05, 0.1) is 0 Å². The Morgan fingerprint density at radius 3 is 2.79 bits per heavy atom. The maximum Gasteiger partial charge on any atom is 0.573 e. The molecule has 4 rings (SSSR count). The van der Waals surface area contributed by atoms with Crippen LogP contribution in [0.1, 0.15) is 49.0 Å². The molecule has 8 heteroatoms. The average molecular weight is 410 g/mol. The summed E-state index contributed by atoms with van der Waals surface area (Å²) in [5, 5.41) is 2.20. The van der Waals surface area contributed by atoms with Gasteiger partial charge in [0.15, 0.2) is 0 Å². The fourth-order valence-corrected chi connectivity index (χ4v) is 5.15. The van der Waals surface area contributed by atoms with Gasteiger partial charge in [-0.25, -0.2) is 4.98 Å². The topological polar surface area (TPSA) is 42.4 Å². The number of likely N-dealkylation sites (tertiary alicyclic amines) is 1. The van der Waals surface area contributed by atoms with Gasteiger partial charge in [-0.3, -0.25) is 4.79 Å². The SMILES string of the molecule is O=C(c1csc(-c2cccc(OC(F)(F)F)c2)n1)N1CCCC2CCCCC21. The molecule has 2 aliphatic rings. The molecule has 2 atom stereocenters. The molecular formula is C20H21F3N2O2S. The predicted molar refractivity (Wildman–Crippen MR) is 100 cm³/mol. The Kier molecular flexibility index (Phi) is 5.31. The number of alkyl halides is 3. The van der Waals surface area contributed by atoms with Gasteiger partial charge in [-0.05, 0) is 43.7 Å². The number of thiazole rings is 1. The third-order valence-corrected chi connectivity index (χ3v) is 6.43. The molecule has 2 fully saturated rings. The van der Waals surface area contributed by atoms with Crippen molar-refractivity contribution in [2.24, 2.45) is 5.92 Å². The summed E-state index contributed by atoms with van der Waals surface area (Å²) >= 11 is 1.26. The second kappa shape index (κ2) is 7.73. The number of aromatic nitrogens is 1. The first-order valence-electron chi connectivity index (χ1n) is 9.53. The monoisotopic (exact) mass is 410 g/mol. The number of hydrogen-bond donors (Lipinski definition) is 0. The Morgan fingerprint density at radius 1 is 1.18 bits per heavy atom. The standard InChI is InChI=1S/C20H21F3N2O2S/c21-20(22,23)27-15-8-3-6-14(11-15)18-24-16(12-28-18)19(26)25-10-4-7-13-5-1-2-9-17(13)25/h3,6,8,11-13,17H,1-2,4-5,7,9-10H2. The van der Waals surface area contributed by atoms with E-state index >= 15 is 0 Å². The number of nitrogens with zero attached hydrogens (tertiary/aromatic N) is 2. The van der Waals surface area contributed by atoms with Gasteiger partial charge in [-0.2, -0.15) is 0 Å². The van der Waals surface area contributed by atoms with Crippen LogP contribution in [0.4, 0.5) is 13.2 Å². The number of carbonyl (C=O) groups excluding carboxylic acids is 1. The lowest BCUT2D eigenvalue weighted by atomic mass is 9.78. The summed E-state index contributed by atoms with van der Waals surface area (Å²) in [6.45, 7) is 0.752. The molecule has 1 aliphatic carbocycles. The van der Waals surface area contributed by atoms with Crippen molar-refractivity contribution < 1.29 is 22.7 Å². The van der Waals surface area contributed by atoms with Crippen molar-refractivity contribution in [3.05, 3.63) is 35.3 Å². The molecule has 0 bridgehead atoms. The summed E-state index contributed by atoms with van der Waals surface area (Å²) in [5.41, 5.74) is 0.869. The second-order valence-electron chi connectivity index (χ2n) is 7.37. The van der Waals surface area contributed by atoms with Crippen molar-refractivity contribution in [1.82, 2.24) is 9.88 Å². The van der Waals surface area contributed by atoms with Crippen LogP contribution in [0.3, 0.4) is 0 Å². The van der Waals surface area contributed by atoms with E-state index in [1.165, 1.54) is 48.8 Å². The minimum Gasteiger partial charge on any atom is -0.406 e. The van der Waals surface area contributed by atoms with E-state index in [9.17, 15) is 18.0 Å². The van der Waals surface area contributed by atoms with Gasteiger partial charge >= 0.3 is 6.36 Å². The number of rotatable bonds is 3. The van der Waals surface area contributed by atoms with E-state index in [1.807, 2.05) is 4.90 Å². The zero-order chi connectivity index (χ0) is 19.7. The van der Waals surface area contributed by atoms with E-state index in [1.54, 1.807) is 11.4 Å². The molecule has 2 aromatic rings. The molecule has 28 heavy (non-hydrogen) atoms. The van der Waals surface area contributed by atoms with E-state index in [0.717, 1.165) is 25.8 Å². The molecule has 1 aromatic carbocycles. The van der Waals surface area contributed by atoms with Crippen LogP contribution in [0.15, 0.2) is 29.6 Å². The Morgan fingerprint density at radius 2 is 1.96 bits per heavy atom. The van der Waals surface area contributed by atoms with Crippen molar-refractivity contribution in [3.63, 3.8) is 0 Å². The van der Waals surface area contributed by atoms with Crippen LogP contribution in [0, 0.1) is 5.92 Å². The Labute approximate surface area is 165 Å². The van der Waals surface area contributed by atoms with Gasteiger partial charge in [0.1, 0.15) is 16.5 Å². The first-order valence-corrected chi connectivity index (χ1v) is 10.4.